The van der Waals surface area contributed by atoms with Crippen LogP contribution in [-0.2, 0) is 4.79 Å². The number of thiol groups is 1. The Morgan fingerprint density at radius 2 is 1.93 bits per heavy atom. The fourth-order valence-electron chi connectivity index (χ4n) is 1.27. The van der Waals surface area contributed by atoms with Crippen LogP contribution in [0.1, 0.15) is 12.8 Å². The van der Waals surface area contributed by atoms with Gasteiger partial charge in [0.25, 0.3) is 0 Å². The molecular weight excluding hydrogens is 282 g/mol. The average molecular weight is 292 g/mol. The molecule has 0 bridgehead atoms. The van der Waals surface area contributed by atoms with Crippen molar-refractivity contribution in [2.75, 3.05) is 13.1 Å². The van der Waals surface area contributed by atoms with Gasteiger partial charge in [-0.15, -0.1) is 12.2 Å². The third-order valence-corrected chi connectivity index (χ3v) is 2.36. The summed E-state index contributed by atoms with van der Waals surface area (Å²) in [6.45, 7) is 1.45. The van der Waals surface area contributed by atoms with Crippen LogP contribution in [0.4, 0.5) is 0 Å². The standard InChI is InChI=1S/C8H9N2OS2.2K/c9-5-6(8(12)13)7(11)10-3-1-2-4-10;;/h1-4H2,(H,12,13);;/q-1;;+1. The van der Waals surface area contributed by atoms with Gasteiger partial charge in [-0.1, -0.05) is 10.3 Å². The van der Waals surface area contributed by atoms with E-state index < -0.39 is 0 Å². The maximum absolute atomic E-state index is 11.5. The van der Waals surface area contributed by atoms with Gasteiger partial charge in [-0.3, -0.25) is 0 Å². The molecule has 0 N–H and O–H groups in total. The fraction of sp³-hybridized carbons (Fsp3) is 0.500. The smallest absolute Gasteiger partial charge is 0.366 e. The van der Waals surface area contributed by atoms with E-state index in [9.17, 15) is 4.79 Å². The molecule has 1 saturated heterocycles. The molecule has 0 aromatic rings. The number of nitriles is 1. The predicted octanol–water partition coefficient (Wildman–Crippen LogP) is -2.41. The second-order valence-electron chi connectivity index (χ2n) is 2.79. The van der Waals surface area contributed by atoms with Crippen molar-refractivity contribution < 1.29 is 56.2 Å². The number of nitrogens with zero attached hydrogens (tertiary/aromatic N) is 2. The number of carbonyl (C=O) groups excluding carboxylic acids is 1. The maximum Gasteiger partial charge on any atom is 1.00 e. The first-order valence-corrected chi connectivity index (χ1v) is 4.82. The Kier molecular flexibility index (Phi) is 13.9. The molecule has 7 heteroatoms. The number of rotatable bonds is 2. The Hall–Kier alpha value is 2.54. The van der Waals surface area contributed by atoms with Crippen molar-refractivity contribution in [1.82, 2.24) is 4.90 Å². The van der Waals surface area contributed by atoms with Crippen molar-refractivity contribution >= 4 is 86.3 Å². The summed E-state index contributed by atoms with van der Waals surface area (Å²) in [5.74, 6) is -0.291. The molecule has 1 amide bonds. The summed E-state index contributed by atoms with van der Waals surface area (Å²) >= 11 is 8.51. The summed E-state index contributed by atoms with van der Waals surface area (Å²) in [4.78, 5) is 13.2. The summed E-state index contributed by atoms with van der Waals surface area (Å²) < 4.78 is 0.0828. The second-order valence-corrected chi connectivity index (χ2v) is 3.95. The molecule has 15 heavy (non-hydrogen) atoms. The first-order valence-electron chi connectivity index (χ1n) is 3.96. The number of likely N-dealkylation sites (tertiary alicyclic amines) is 1. The van der Waals surface area contributed by atoms with E-state index in [1.165, 1.54) is 0 Å². The molecule has 0 atom stereocenters. The van der Waals surface area contributed by atoms with Gasteiger partial charge >= 0.3 is 51.4 Å². The van der Waals surface area contributed by atoms with Crippen LogP contribution in [-0.4, -0.2) is 79.5 Å². The Balaban J connectivity index is 0. The van der Waals surface area contributed by atoms with Crippen LogP contribution in [0.2, 0.25) is 0 Å². The van der Waals surface area contributed by atoms with Crippen LogP contribution in [0.3, 0.4) is 0 Å². The Labute approximate surface area is 186 Å². The topological polar surface area (TPSA) is 44.1 Å². The van der Waals surface area contributed by atoms with Crippen molar-refractivity contribution in [3.63, 3.8) is 0 Å². The number of amides is 1. The van der Waals surface area contributed by atoms with Gasteiger partial charge in [0.1, 0.15) is 5.91 Å². The molecule has 1 radical (unpaired) electrons. The molecule has 0 spiro atoms. The molecular formula is C8H9K2N2OS2. The number of carbonyl (C=O) groups is 1. The maximum atomic E-state index is 11.5. The summed E-state index contributed by atoms with van der Waals surface area (Å²) in [5, 5.41) is 8.66. The van der Waals surface area contributed by atoms with Gasteiger partial charge in [0, 0.05) is 64.5 Å². The van der Waals surface area contributed by atoms with Crippen molar-refractivity contribution in [2.45, 2.75) is 12.8 Å². The van der Waals surface area contributed by atoms with Crippen LogP contribution in [0, 0.1) is 17.2 Å². The molecule has 3 nitrogen and oxygen atoms in total. The number of hydrogen-bond acceptors (Lipinski definition) is 3. The second kappa shape index (κ2) is 10.5. The predicted molar refractivity (Wildman–Crippen MR) is 62.0 cm³/mol. The van der Waals surface area contributed by atoms with Crippen LogP contribution in [0.5, 0.6) is 0 Å². The summed E-state index contributed by atoms with van der Waals surface area (Å²) in [6, 6.07) is 1.79. The van der Waals surface area contributed by atoms with Crippen LogP contribution >= 0.6 is 24.8 Å². The SMILES string of the molecule is N#C[C-](C(=O)N1CCCC1)C(=S)S.[K+].[K]. The van der Waals surface area contributed by atoms with Gasteiger partial charge in [0.05, 0.1) is 0 Å². The third kappa shape index (κ3) is 6.31. The molecule has 1 heterocycles. The van der Waals surface area contributed by atoms with E-state index in [0.717, 1.165) is 25.9 Å². The molecule has 71 valence electrons. The summed E-state index contributed by atoms with van der Waals surface area (Å²) in [6.07, 6.45) is 2.01. The Morgan fingerprint density at radius 1 is 1.47 bits per heavy atom. The summed E-state index contributed by atoms with van der Waals surface area (Å²) in [7, 11) is 0. The molecule has 0 saturated carbocycles. The van der Waals surface area contributed by atoms with Gasteiger partial charge < -0.3 is 9.69 Å². The number of hydrogen-bond donors (Lipinski definition) is 1. The van der Waals surface area contributed by atoms with Gasteiger partial charge in [-0.2, -0.15) is 18.5 Å². The van der Waals surface area contributed by atoms with Crippen molar-refractivity contribution in [3.8, 4) is 6.07 Å². The largest absolute Gasteiger partial charge is 1.00 e. The monoisotopic (exact) mass is 291 g/mol. The molecule has 0 aromatic heterocycles. The zero-order valence-corrected chi connectivity index (χ0v) is 16.9. The first kappa shape index (κ1) is 19.9. The van der Waals surface area contributed by atoms with Crippen LogP contribution in [0.15, 0.2) is 0 Å². The fourth-order valence-corrected chi connectivity index (χ4v) is 1.54. The quantitative estimate of drug-likeness (QED) is 0.267. The molecule has 0 aromatic carbocycles. The minimum Gasteiger partial charge on any atom is -0.366 e. The molecule has 1 fully saturated rings. The van der Waals surface area contributed by atoms with E-state index in [-0.39, 0.29) is 119 Å². The zero-order valence-electron chi connectivity index (χ0n) is 8.99. The van der Waals surface area contributed by atoms with Gasteiger partial charge in [0.2, 0.25) is 0 Å². The Bertz CT molecular complexity index is 274. The minimum atomic E-state index is -0.278. The normalized spacial score (nSPS) is 13.2. The van der Waals surface area contributed by atoms with Crippen LogP contribution < -0.4 is 51.4 Å². The van der Waals surface area contributed by atoms with Gasteiger partial charge in [-0.25, -0.2) is 5.26 Å². The molecule has 0 aliphatic carbocycles. The summed E-state index contributed by atoms with van der Waals surface area (Å²) in [5.41, 5.74) is 0. The van der Waals surface area contributed by atoms with Gasteiger partial charge in [0.15, 0.2) is 0 Å². The molecule has 1 aliphatic rings. The van der Waals surface area contributed by atoms with E-state index in [1.54, 1.807) is 11.0 Å². The third-order valence-electron chi connectivity index (χ3n) is 1.93. The average Bonchev–Trinajstić information content (AvgIpc) is 2.56. The van der Waals surface area contributed by atoms with Crippen molar-refractivity contribution in [2.24, 2.45) is 0 Å². The van der Waals surface area contributed by atoms with E-state index in [2.05, 4.69) is 24.8 Å². The number of thiocarbonyl (C=S) groups is 1. The molecule has 0 unspecified atom stereocenters. The van der Waals surface area contributed by atoms with Crippen molar-refractivity contribution in [3.05, 3.63) is 5.92 Å². The van der Waals surface area contributed by atoms with E-state index in [4.69, 9.17) is 5.26 Å². The molecule has 1 aliphatic heterocycles. The molecule has 1 rings (SSSR count). The van der Waals surface area contributed by atoms with E-state index in [0.29, 0.717) is 0 Å². The van der Waals surface area contributed by atoms with Gasteiger partial charge in [-0.05, 0) is 12.8 Å². The Morgan fingerprint density at radius 3 is 2.27 bits per heavy atom. The van der Waals surface area contributed by atoms with Crippen molar-refractivity contribution in [1.29, 1.82) is 5.26 Å². The first-order chi connectivity index (χ1) is 6.16. The van der Waals surface area contributed by atoms with E-state index >= 15 is 0 Å². The van der Waals surface area contributed by atoms with E-state index in [1.807, 2.05) is 0 Å². The minimum absolute atomic E-state index is 0. The zero-order chi connectivity index (χ0) is 9.84. The van der Waals surface area contributed by atoms with Crippen LogP contribution in [0.25, 0.3) is 0 Å².